The highest BCUT2D eigenvalue weighted by molar-refractivity contribution is 8.00. The van der Waals surface area contributed by atoms with Crippen LogP contribution in [0.5, 0.6) is 0 Å². The summed E-state index contributed by atoms with van der Waals surface area (Å²) in [6, 6.07) is 27.3. The Balaban J connectivity index is 0.000000257. The van der Waals surface area contributed by atoms with Crippen molar-refractivity contribution >= 4 is 75.7 Å². The first-order chi connectivity index (χ1) is 30.4. The molecule has 3 aromatic carbocycles. The Morgan fingerprint density at radius 2 is 1.02 bits per heavy atom. The summed E-state index contributed by atoms with van der Waals surface area (Å²) in [7, 11) is 0. The highest BCUT2D eigenvalue weighted by Gasteiger charge is 2.17. The van der Waals surface area contributed by atoms with Gasteiger partial charge in [-0.2, -0.15) is 4.57 Å². The van der Waals surface area contributed by atoms with Crippen molar-refractivity contribution in [2.75, 3.05) is 27.5 Å². The van der Waals surface area contributed by atoms with Gasteiger partial charge < -0.3 is 37.2 Å². The van der Waals surface area contributed by atoms with Crippen LogP contribution in [0.4, 0.5) is 17.1 Å². The molecular formula is C44H38ClN9O8S2. The molecule has 0 unspecified atom stereocenters. The number of aromatic nitrogens is 6. The molecule has 326 valence electrons. The van der Waals surface area contributed by atoms with Gasteiger partial charge in [0.15, 0.2) is 29.7 Å². The number of hydrogen-bond donors (Lipinski definition) is 3. The fourth-order valence-electron chi connectivity index (χ4n) is 5.47. The van der Waals surface area contributed by atoms with Crippen LogP contribution >= 0.6 is 23.5 Å². The predicted molar refractivity (Wildman–Crippen MR) is 234 cm³/mol. The second-order valence-electron chi connectivity index (χ2n) is 13.4. The average Bonchev–Trinajstić information content (AvgIpc) is 3.97. The number of halogens is 1. The highest BCUT2D eigenvalue weighted by Crippen LogP contribution is 2.24. The Bertz CT molecular complexity index is 2780. The van der Waals surface area contributed by atoms with Gasteiger partial charge in [0.1, 0.15) is 5.56 Å². The van der Waals surface area contributed by atoms with Gasteiger partial charge in [-0.1, -0.05) is 59.9 Å². The van der Waals surface area contributed by atoms with Gasteiger partial charge >= 0.3 is 0 Å². The third-order valence-electron chi connectivity index (χ3n) is 8.46. The van der Waals surface area contributed by atoms with Crippen LogP contribution in [0.25, 0.3) is 22.9 Å². The van der Waals surface area contributed by atoms with Gasteiger partial charge in [-0.3, -0.25) is 33.8 Å². The Kier molecular flexibility index (Phi) is 17.3. The topological polar surface area (TPSA) is 233 Å². The van der Waals surface area contributed by atoms with E-state index in [1.165, 1.54) is 20.8 Å². The Morgan fingerprint density at radius 3 is 1.47 bits per heavy atom. The van der Waals surface area contributed by atoms with E-state index < -0.39 is 0 Å². The van der Waals surface area contributed by atoms with Crippen LogP contribution in [0, 0.1) is 0 Å². The molecule has 0 aliphatic heterocycles. The maximum absolute atomic E-state index is 12.5. The second kappa shape index (κ2) is 23.2. The fourth-order valence-corrected chi connectivity index (χ4v) is 6.59. The molecular weight excluding hydrogens is 882 g/mol. The maximum atomic E-state index is 12.5. The summed E-state index contributed by atoms with van der Waals surface area (Å²) >= 11 is 2.21. The first kappa shape index (κ1) is 47.7. The number of benzene rings is 3. The van der Waals surface area contributed by atoms with Gasteiger partial charge in [-0.15, -0.1) is 20.4 Å². The SMILES string of the molecule is CC(=O)c1cccc(NC(=O)CSc2nnc(-c3ccc[n+](CC(=O)Nc4cccc(C(C)=O)c4)c3)o2)c1.CC(=O)c1cccc(NC(=O)CSc2nnc(-c3cccnc3)o2)c1.[Cl-]. The maximum Gasteiger partial charge on any atom is 0.290 e. The predicted octanol–water partition coefficient (Wildman–Crippen LogP) is 3.87. The molecule has 0 fully saturated rings. The Hall–Kier alpha value is -7.35. The largest absolute Gasteiger partial charge is 1.00 e. The Morgan fingerprint density at radius 1 is 0.562 bits per heavy atom. The van der Waals surface area contributed by atoms with Crippen molar-refractivity contribution in [2.24, 2.45) is 0 Å². The van der Waals surface area contributed by atoms with Crippen LogP contribution in [-0.4, -0.2) is 72.0 Å². The summed E-state index contributed by atoms with van der Waals surface area (Å²) in [5.74, 6) is -0.272. The van der Waals surface area contributed by atoms with E-state index in [4.69, 9.17) is 8.83 Å². The van der Waals surface area contributed by atoms with Crippen LogP contribution < -0.4 is 32.9 Å². The minimum Gasteiger partial charge on any atom is -1.00 e. The molecule has 4 aromatic heterocycles. The lowest BCUT2D eigenvalue weighted by Crippen LogP contribution is -3.00. The molecule has 20 heteroatoms. The fraction of sp³-hybridized carbons (Fsp3) is 0.136. The number of thioether (sulfide) groups is 2. The minimum absolute atomic E-state index is 0. The van der Waals surface area contributed by atoms with Crippen LogP contribution in [0.2, 0.25) is 0 Å². The summed E-state index contributed by atoms with van der Waals surface area (Å²) in [5.41, 5.74) is 4.52. The molecule has 0 radical (unpaired) electrons. The normalized spacial score (nSPS) is 10.4. The lowest BCUT2D eigenvalue weighted by Gasteiger charge is -2.05. The third kappa shape index (κ3) is 14.4. The molecule has 0 aliphatic rings. The van der Waals surface area contributed by atoms with Crippen molar-refractivity contribution in [3.8, 4) is 22.9 Å². The standard InChI is InChI=1S/C27H23N5O5S.C17H14N4O3S.ClH/c1-17(33)19-6-3-9-22(12-19)28-24(35)15-32-11-5-8-21(14-32)26-30-31-27(37-26)38-16-25(36)29-23-10-4-7-20(13-23)18(2)34;1-11(22)12-4-2-6-14(8-12)19-15(23)10-25-17-21-20-16(24-17)13-5-3-7-18-9-13;/h3-14H,15-16H2,1-2H3,(H-,28,29,35,36);2-9H,10H2,1H3,(H,19,23);1H. The smallest absolute Gasteiger partial charge is 0.290 e. The van der Waals surface area contributed by atoms with Crippen LogP contribution in [0.3, 0.4) is 0 Å². The average molecular weight is 920 g/mol. The van der Waals surface area contributed by atoms with Crippen molar-refractivity contribution < 1.29 is 54.6 Å². The molecule has 17 nitrogen and oxygen atoms in total. The van der Waals surface area contributed by atoms with Crippen LogP contribution in [-0.2, 0) is 20.9 Å². The lowest BCUT2D eigenvalue weighted by molar-refractivity contribution is -0.683. The first-order valence-corrected chi connectivity index (χ1v) is 20.9. The number of carbonyl (C=O) groups is 6. The molecule has 0 aliphatic carbocycles. The number of anilines is 3. The van der Waals surface area contributed by atoms with E-state index in [0.29, 0.717) is 56.0 Å². The molecule has 0 spiro atoms. The van der Waals surface area contributed by atoms with Gasteiger partial charge in [-0.25, -0.2) is 0 Å². The number of nitrogens with one attached hydrogen (secondary N) is 3. The number of ketones is 3. The van der Waals surface area contributed by atoms with E-state index in [9.17, 15) is 28.8 Å². The van der Waals surface area contributed by atoms with Gasteiger partial charge in [0.2, 0.25) is 24.2 Å². The summed E-state index contributed by atoms with van der Waals surface area (Å²) in [4.78, 5) is 75.3. The zero-order valence-electron chi connectivity index (χ0n) is 34.3. The van der Waals surface area contributed by atoms with E-state index in [1.54, 1.807) is 120 Å². The van der Waals surface area contributed by atoms with Crippen LogP contribution in [0.15, 0.2) is 141 Å². The number of Topliss-reactive ketones (excluding diaryl/α,β-unsaturated/α-hetero) is 3. The molecule has 3 N–H and O–H groups in total. The molecule has 3 amide bonds. The van der Waals surface area contributed by atoms with E-state index in [0.717, 1.165) is 23.5 Å². The Labute approximate surface area is 380 Å². The molecule has 0 bridgehead atoms. The first-order valence-electron chi connectivity index (χ1n) is 18.9. The summed E-state index contributed by atoms with van der Waals surface area (Å²) < 4.78 is 12.8. The molecule has 0 saturated heterocycles. The lowest BCUT2D eigenvalue weighted by atomic mass is 10.1. The molecule has 4 heterocycles. The quantitative estimate of drug-likeness (QED) is 0.0710. The van der Waals surface area contributed by atoms with Gasteiger partial charge in [0, 0.05) is 52.2 Å². The number of amides is 3. The minimum atomic E-state index is -0.284. The second-order valence-corrected chi connectivity index (χ2v) is 15.2. The number of carbonyl (C=O) groups excluding carboxylic acids is 6. The highest BCUT2D eigenvalue weighted by atomic mass is 35.5. The monoisotopic (exact) mass is 919 g/mol. The van der Waals surface area contributed by atoms with Crippen molar-refractivity contribution in [2.45, 2.75) is 37.8 Å². The molecule has 0 atom stereocenters. The zero-order valence-corrected chi connectivity index (χ0v) is 36.7. The third-order valence-corrected chi connectivity index (χ3v) is 10.1. The summed E-state index contributed by atoms with van der Waals surface area (Å²) in [6.45, 7) is 4.43. The van der Waals surface area contributed by atoms with Crippen molar-refractivity contribution in [1.82, 2.24) is 25.4 Å². The number of nitrogens with zero attached hydrogens (tertiary/aromatic N) is 6. The van der Waals surface area contributed by atoms with E-state index >= 15 is 0 Å². The molecule has 0 saturated carbocycles. The van der Waals surface area contributed by atoms with Crippen molar-refractivity contribution in [3.63, 3.8) is 0 Å². The van der Waals surface area contributed by atoms with E-state index in [-0.39, 0.29) is 76.6 Å². The van der Waals surface area contributed by atoms with Crippen LogP contribution in [0.1, 0.15) is 51.8 Å². The zero-order chi connectivity index (χ0) is 44.7. The number of hydrogen-bond acceptors (Lipinski definition) is 15. The molecule has 64 heavy (non-hydrogen) atoms. The van der Waals surface area contributed by atoms with Crippen molar-refractivity contribution in [3.05, 3.63) is 139 Å². The summed E-state index contributed by atoms with van der Waals surface area (Å²) in [6.07, 6.45) is 6.70. The van der Waals surface area contributed by atoms with Gasteiger partial charge in [0.05, 0.1) is 17.1 Å². The van der Waals surface area contributed by atoms with Crippen molar-refractivity contribution in [1.29, 1.82) is 0 Å². The molecule has 7 aromatic rings. The van der Waals surface area contributed by atoms with Gasteiger partial charge in [0.25, 0.3) is 22.2 Å². The van der Waals surface area contributed by atoms with Gasteiger partial charge in [-0.05, 0) is 75.4 Å². The molecule has 7 rings (SSSR count). The number of rotatable bonds is 16. The number of pyridine rings is 2. The van der Waals surface area contributed by atoms with E-state index in [2.05, 4.69) is 41.3 Å². The van der Waals surface area contributed by atoms with E-state index in [1.807, 2.05) is 6.07 Å². The summed E-state index contributed by atoms with van der Waals surface area (Å²) in [5, 5.41) is 24.6.